The van der Waals surface area contributed by atoms with Crippen LogP contribution >= 0.6 is 0 Å². The van der Waals surface area contributed by atoms with Crippen molar-refractivity contribution in [3.63, 3.8) is 0 Å². The van der Waals surface area contributed by atoms with Gasteiger partial charge in [-0.3, -0.25) is 4.79 Å². The van der Waals surface area contributed by atoms with Crippen molar-refractivity contribution in [2.24, 2.45) is 10.8 Å². The molecule has 0 aliphatic heterocycles. The molecule has 32 heavy (non-hydrogen) atoms. The fourth-order valence-corrected chi connectivity index (χ4v) is 6.15. The Bertz CT molecular complexity index is 405. The van der Waals surface area contributed by atoms with E-state index in [9.17, 15) is 9.90 Å². The van der Waals surface area contributed by atoms with Crippen LogP contribution in [-0.4, -0.2) is 11.1 Å². The average molecular weight is 453 g/mol. The summed E-state index contributed by atoms with van der Waals surface area (Å²) in [6, 6.07) is 0. The third-order valence-corrected chi connectivity index (χ3v) is 8.09. The Labute approximate surface area is 202 Å². The summed E-state index contributed by atoms with van der Waals surface area (Å²) in [7, 11) is 0. The van der Waals surface area contributed by atoms with Gasteiger partial charge >= 0.3 is 5.97 Å². The summed E-state index contributed by atoms with van der Waals surface area (Å²) in [6.07, 6.45) is 25.7. The van der Waals surface area contributed by atoms with E-state index in [1.54, 1.807) is 0 Å². The highest BCUT2D eigenvalue weighted by Crippen LogP contribution is 2.56. The lowest BCUT2D eigenvalue weighted by molar-refractivity contribution is -0.164. The summed E-state index contributed by atoms with van der Waals surface area (Å²) < 4.78 is 0. The minimum atomic E-state index is -0.525. The maximum atomic E-state index is 13.2. The minimum absolute atomic E-state index is 0.0203. The molecule has 0 rings (SSSR count). The number of carboxylic acid groups (broad SMARTS) is 1. The molecule has 0 radical (unpaired) electrons. The summed E-state index contributed by atoms with van der Waals surface area (Å²) in [5.74, 6) is -0.468. The van der Waals surface area contributed by atoms with Crippen molar-refractivity contribution in [1.82, 2.24) is 0 Å². The normalized spacial score (nSPS) is 12.4. The first-order valence-electron chi connectivity index (χ1n) is 14.7. The zero-order chi connectivity index (χ0) is 24.1. The molecule has 0 aliphatic carbocycles. The zero-order valence-electron chi connectivity index (χ0n) is 22.9. The first-order chi connectivity index (χ1) is 15.5. The molecular weight excluding hydrogens is 392 g/mol. The van der Waals surface area contributed by atoms with Crippen LogP contribution in [0, 0.1) is 10.8 Å². The molecule has 0 aromatic carbocycles. The summed E-state index contributed by atoms with van der Waals surface area (Å²) >= 11 is 0. The van der Waals surface area contributed by atoms with Crippen LogP contribution in [0.2, 0.25) is 0 Å². The summed E-state index contributed by atoms with van der Waals surface area (Å²) in [5, 5.41) is 10.9. The van der Waals surface area contributed by atoms with E-state index in [0.717, 1.165) is 51.4 Å². The van der Waals surface area contributed by atoms with Gasteiger partial charge in [0.25, 0.3) is 0 Å². The quantitative estimate of drug-likeness (QED) is 0.148. The Morgan fingerprint density at radius 3 is 1.09 bits per heavy atom. The highest BCUT2D eigenvalue weighted by molar-refractivity contribution is 5.76. The monoisotopic (exact) mass is 452 g/mol. The van der Waals surface area contributed by atoms with Gasteiger partial charge in [-0.2, -0.15) is 0 Å². The van der Waals surface area contributed by atoms with Gasteiger partial charge in [-0.25, -0.2) is 0 Å². The highest BCUT2D eigenvalue weighted by atomic mass is 16.4. The Kier molecular flexibility index (Phi) is 19.6. The Morgan fingerprint density at radius 1 is 0.469 bits per heavy atom. The van der Waals surface area contributed by atoms with E-state index in [1.807, 2.05) is 0 Å². The third kappa shape index (κ3) is 11.1. The number of carboxylic acids is 1. The maximum absolute atomic E-state index is 13.2. The minimum Gasteiger partial charge on any atom is -0.481 e. The zero-order valence-corrected chi connectivity index (χ0v) is 22.9. The van der Waals surface area contributed by atoms with Crippen LogP contribution in [0.15, 0.2) is 0 Å². The van der Waals surface area contributed by atoms with Crippen LogP contribution in [0.5, 0.6) is 0 Å². The van der Waals surface area contributed by atoms with Crippen LogP contribution < -0.4 is 0 Å². The van der Waals surface area contributed by atoms with Crippen LogP contribution in [0.4, 0.5) is 0 Å². The van der Waals surface area contributed by atoms with Gasteiger partial charge in [0.2, 0.25) is 0 Å². The lowest BCUT2D eigenvalue weighted by Gasteiger charge is -2.50. The molecule has 0 saturated heterocycles. The van der Waals surface area contributed by atoms with Crippen LogP contribution in [0.25, 0.3) is 0 Å². The number of aliphatic carboxylic acids is 1. The van der Waals surface area contributed by atoms with Crippen molar-refractivity contribution in [2.75, 3.05) is 0 Å². The molecule has 0 aromatic heterocycles. The summed E-state index contributed by atoms with van der Waals surface area (Å²) in [4.78, 5) is 13.2. The van der Waals surface area contributed by atoms with E-state index in [2.05, 4.69) is 34.6 Å². The molecule has 0 aliphatic rings. The molecule has 0 fully saturated rings. The molecule has 2 nitrogen and oxygen atoms in total. The number of hydrogen-bond donors (Lipinski definition) is 1. The molecule has 2 heteroatoms. The van der Waals surface area contributed by atoms with Crippen molar-refractivity contribution in [2.45, 2.75) is 176 Å². The summed E-state index contributed by atoms with van der Waals surface area (Å²) in [6.45, 7) is 11.3. The van der Waals surface area contributed by atoms with Crippen molar-refractivity contribution >= 4 is 5.97 Å². The van der Waals surface area contributed by atoms with Gasteiger partial charge in [-0.1, -0.05) is 144 Å². The lowest BCUT2D eigenvalue weighted by Crippen LogP contribution is -2.48. The molecule has 0 saturated carbocycles. The number of unbranched alkanes of at least 4 members (excludes halogenated alkanes) is 12. The number of hydrogen-bond acceptors (Lipinski definition) is 1. The predicted molar refractivity (Wildman–Crippen MR) is 142 cm³/mol. The van der Waals surface area contributed by atoms with Crippen LogP contribution in [0.3, 0.4) is 0 Å². The van der Waals surface area contributed by atoms with Crippen molar-refractivity contribution in [1.29, 1.82) is 0 Å². The molecule has 192 valence electrons. The molecule has 0 spiro atoms. The third-order valence-electron chi connectivity index (χ3n) is 8.09. The summed E-state index contributed by atoms with van der Waals surface area (Å²) in [5.41, 5.74) is -0.545. The van der Waals surface area contributed by atoms with Crippen molar-refractivity contribution < 1.29 is 9.90 Å². The van der Waals surface area contributed by atoms with Crippen molar-refractivity contribution in [3.05, 3.63) is 0 Å². The van der Waals surface area contributed by atoms with E-state index in [0.29, 0.717) is 0 Å². The Balaban J connectivity index is 5.99. The molecule has 0 atom stereocenters. The fourth-order valence-electron chi connectivity index (χ4n) is 6.15. The Hall–Kier alpha value is -0.530. The predicted octanol–water partition coefficient (Wildman–Crippen LogP) is 10.7. The number of carbonyl (C=O) groups is 1. The second-order valence-electron chi connectivity index (χ2n) is 10.7. The van der Waals surface area contributed by atoms with E-state index in [1.165, 1.54) is 89.9 Å². The van der Waals surface area contributed by atoms with Gasteiger partial charge in [0.15, 0.2) is 0 Å². The maximum Gasteiger partial charge on any atom is 0.310 e. The van der Waals surface area contributed by atoms with E-state index in [4.69, 9.17) is 0 Å². The average Bonchev–Trinajstić information content (AvgIpc) is 2.78. The Morgan fingerprint density at radius 2 is 0.812 bits per heavy atom. The van der Waals surface area contributed by atoms with E-state index >= 15 is 0 Å². The van der Waals surface area contributed by atoms with Gasteiger partial charge < -0.3 is 5.11 Å². The second-order valence-corrected chi connectivity index (χ2v) is 10.7. The van der Waals surface area contributed by atoms with E-state index < -0.39 is 11.4 Å². The van der Waals surface area contributed by atoms with Gasteiger partial charge in [0, 0.05) is 0 Å². The molecular formula is C30H60O2. The molecule has 0 heterocycles. The highest BCUT2D eigenvalue weighted by Gasteiger charge is 2.53. The van der Waals surface area contributed by atoms with Gasteiger partial charge in [-0.15, -0.1) is 0 Å². The lowest BCUT2D eigenvalue weighted by atomic mass is 9.53. The second kappa shape index (κ2) is 19.9. The molecule has 1 N–H and O–H groups in total. The number of rotatable bonds is 24. The topological polar surface area (TPSA) is 37.3 Å². The van der Waals surface area contributed by atoms with E-state index in [-0.39, 0.29) is 5.41 Å². The standard InChI is InChI=1S/C30H60O2/c1-6-11-15-19-24-29(23-10-5,25-20-16-12-7-2)30(28(31)32,26-21-17-13-8-3)27-22-18-14-9-4/h6-27H2,1-5H3,(H,31,32). The largest absolute Gasteiger partial charge is 0.481 e. The molecule has 0 aromatic rings. The smallest absolute Gasteiger partial charge is 0.310 e. The molecule has 0 bridgehead atoms. The van der Waals surface area contributed by atoms with Crippen molar-refractivity contribution in [3.8, 4) is 0 Å². The van der Waals surface area contributed by atoms with Crippen LogP contribution in [-0.2, 0) is 4.79 Å². The fraction of sp³-hybridized carbons (Fsp3) is 0.967. The molecule has 0 unspecified atom stereocenters. The first kappa shape index (κ1) is 31.5. The van der Waals surface area contributed by atoms with Gasteiger partial charge in [0.05, 0.1) is 5.41 Å². The molecule has 0 amide bonds. The van der Waals surface area contributed by atoms with Gasteiger partial charge in [0.1, 0.15) is 0 Å². The van der Waals surface area contributed by atoms with Gasteiger partial charge in [-0.05, 0) is 37.5 Å². The first-order valence-corrected chi connectivity index (χ1v) is 14.7. The SMILES string of the molecule is CCCCCCC(CCC)(CCCCCC)C(CCCCCC)(CCCCCC)C(=O)O. The van der Waals surface area contributed by atoms with Crippen LogP contribution in [0.1, 0.15) is 176 Å².